The average Bonchev–Trinajstić information content (AvgIpc) is 3.09. The molecule has 0 bridgehead atoms. The first kappa shape index (κ1) is 23.6. The van der Waals surface area contributed by atoms with E-state index in [1.165, 1.54) is 37.4 Å². The molecule has 0 unspecified atom stereocenters. The van der Waals surface area contributed by atoms with Gasteiger partial charge in [0.15, 0.2) is 0 Å². The van der Waals surface area contributed by atoms with E-state index in [2.05, 4.69) is 33.7 Å². The van der Waals surface area contributed by atoms with Crippen LogP contribution in [0.3, 0.4) is 0 Å². The lowest BCUT2D eigenvalue weighted by Gasteiger charge is -2.32. The number of fused-ring (bicyclic) bond motifs is 1. The minimum atomic E-state index is -0.166. The molecule has 1 aliphatic rings. The van der Waals surface area contributed by atoms with Crippen molar-refractivity contribution in [3.8, 4) is 0 Å². The van der Waals surface area contributed by atoms with Gasteiger partial charge in [0.25, 0.3) is 11.5 Å². The standard InChI is InChI=1S/C26H34N4O2S/c1-15-8-10-19(11-9-15)17(3)30-18(4)23(20-7-6-12-27-24(20)30)26(32)28-14-21-22(33-5)13-16(2)29-25(21)31/h6-7,12-13,15,17,19H,8-11,14H2,1-5H3,(H,28,32)(H,29,31)/t15?,17-,19?/m1/s1. The first-order valence-electron chi connectivity index (χ1n) is 11.8. The number of H-pyrrole nitrogens is 1. The highest BCUT2D eigenvalue weighted by molar-refractivity contribution is 7.98. The molecule has 1 atom stereocenters. The molecule has 33 heavy (non-hydrogen) atoms. The number of rotatable bonds is 6. The molecule has 0 saturated heterocycles. The summed E-state index contributed by atoms with van der Waals surface area (Å²) in [6, 6.07) is 6.08. The van der Waals surface area contributed by atoms with Crippen molar-refractivity contribution in [2.24, 2.45) is 11.8 Å². The molecule has 2 N–H and O–H groups in total. The van der Waals surface area contributed by atoms with Crippen LogP contribution in [0.25, 0.3) is 11.0 Å². The van der Waals surface area contributed by atoms with E-state index in [4.69, 9.17) is 0 Å². The summed E-state index contributed by atoms with van der Waals surface area (Å²) in [5.74, 6) is 1.22. The molecule has 0 aliphatic heterocycles. The van der Waals surface area contributed by atoms with E-state index in [1.54, 1.807) is 6.20 Å². The summed E-state index contributed by atoms with van der Waals surface area (Å²) in [6.07, 6.45) is 8.68. The lowest BCUT2D eigenvalue weighted by Crippen LogP contribution is -2.28. The van der Waals surface area contributed by atoms with Gasteiger partial charge in [-0.1, -0.05) is 19.8 Å². The Morgan fingerprint density at radius 2 is 2.03 bits per heavy atom. The molecule has 3 aromatic rings. The predicted octanol–water partition coefficient (Wildman–Crippen LogP) is 5.38. The van der Waals surface area contributed by atoms with Crippen LogP contribution in [0.5, 0.6) is 0 Å². The van der Waals surface area contributed by atoms with Gasteiger partial charge in [-0.3, -0.25) is 9.59 Å². The second-order valence-corrected chi connectivity index (χ2v) is 10.3. The summed E-state index contributed by atoms with van der Waals surface area (Å²) < 4.78 is 2.26. The van der Waals surface area contributed by atoms with Crippen LogP contribution in [0.4, 0.5) is 0 Å². The molecular weight excluding hydrogens is 432 g/mol. The number of pyridine rings is 2. The van der Waals surface area contributed by atoms with E-state index in [0.717, 1.165) is 33.2 Å². The van der Waals surface area contributed by atoms with E-state index in [-0.39, 0.29) is 24.1 Å². The maximum Gasteiger partial charge on any atom is 0.254 e. The van der Waals surface area contributed by atoms with Gasteiger partial charge in [0.1, 0.15) is 5.65 Å². The van der Waals surface area contributed by atoms with Crippen LogP contribution < -0.4 is 10.9 Å². The van der Waals surface area contributed by atoms with Gasteiger partial charge < -0.3 is 14.9 Å². The van der Waals surface area contributed by atoms with E-state index in [9.17, 15) is 9.59 Å². The number of aromatic nitrogens is 3. The maximum absolute atomic E-state index is 13.4. The van der Waals surface area contributed by atoms with E-state index in [1.807, 2.05) is 38.3 Å². The van der Waals surface area contributed by atoms with Crippen molar-refractivity contribution < 1.29 is 4.79 Å². The lowest BCUT2D eigenvalue weighted by molar-refractivity contribution is 0.0951. The maximum atomic E-state index is 13.4. The summed E-state index contributed by atoms with van der Waals surface area (Å²) in [6.45, 7) is 8.67. The molecular formula is C26H34N4O2S. The summed E-state index contributed by atoms with van der Waals surface area (Å²) >= 11 is 1.52. The van der Waals surface area contributed by atoms with Gasteiger partial charge in [0.05, 0.1) is 5.56 Å². The Kier molecular flexibility index (Phi) is 6.98. The smallest absolute Gasteiger partial charge is 0.254 e. The van der Waals surface area contributed by atoms with E-state index < -0.39 is 0 Å². The number of thioether (sulfide) groups is 1. The topological polar surface area (TPSA) is 79.8 Å². The van der Waals surface area contributed by atoms with Crippen molar-refractivity contribution in [2.45, 2.75) is 70.9 Å². The summed E-state index contributed by atoms with van der Waals surface area (Å²) in [4.78, 5) is 34.3. The third kappa shape index (κ3) is 4.60. The molecule has 6 nitrogen and oxygen atoms in total. The highest BCUT2D eigenvalue weighted by atomic mass is 32.2. The number of hydrogen-bond donors (Lipinski definition) is 2. The highest BCUT2D eigenvalue weighted by Crippen LogP contribution is 2.38. The molecule has 0 spiro atoms. The van der Waals surface area contributed by atoms with Crippen LogP contribution in [0.1, 0.15) is 72.9 Å². The van der Waals surface area contributed by atoms with Crippen molar-refractivity contribution in [2.75, 3.05) is 6.26 Å². The Balaban J connectivity index is 1.65. The Labute approximate surface area is 199 Å². The van der Waals surface area contributed by atoms with Gasteiger partial charge in [-0.15, -0.1) is 11.8 Å². The quantitative estimate of drug-likeness (QED) is 0.478. The molecule has 4 rings (SSSR count). The monoisotopic (exact) mass is 466 g/mol. The fraction of sp³-hybridized carbons (Fsp3) is 0.500. The molecule has 1 fully saturated rings. The Hall–Kier alpha value is -2.54. The van der Waals surface area contributed by atoms with Crippen LogP contribution >= 0.6 is 11.8 Å². The zero-order chi connectivity index (χ0) is 23.7. The molecule has 1 saturated carbocycles. The van der Waals surface area contributed by atoms with Gasteiger partial charge in [0, 0.05) is 46.0 Å². The Bertz CT molecular complexity index is 1220. The van der Waals surface area contributed by atoms with Crippen molar-refractivity contribution in [1.82, 2.24) is 19.9 Å². The number of aromatic amines is 1. The lowest BCUT2D eigenvalue weighted by atomic mass is 9.79. The second kappa shape index (κ2) is 9.75. The van der Waals surface area contributed by atoms with E-state index in [0.29, 0.717) is 17.0 Å². The van der Waals surface area contributed by atoms with Crippen LogP contribution in [0.2, 0.25) is 0 Å². The second-order valence-electron chi connectivity index (χ2n) is 9.48. The zero-order valence-electron chi connectivity index (χ0n) is 20.2. The number of aryl methyl sites for hydroxylation is 1. The van der Waals surface area contributed by atoms with E-state index >= 15 is 0 Å². The molecule has 176 valence electrons. The van der Waals surface area contributed by atoms with Gasteiger partial charge in [-0.2, -0.15) is 0 Å². The fourth-order valence-corrected chi connectivity index (χ4v) is 6.02. The zero-order valence-corrected chi connectivity index (χ0v) is 21.0. The number of amides is 1. The van der Waals surface area contributed by atoms with Gasteiger partial charge in [-0.25, -0.2) is 4.98 Å². The van der Waals surface area contributed by atoms with Crippen LogP contribution in [0, 0.1) is 25.7 Å². The van der Waals surface area contributed by atoms with Crippen LogP contribution in [0.15, 0.2) is 34.1 Å². The third-order valence-electron chi connectivity index (χ3n) is 7.26. The largest absolute Gasteiger partial charge is 0.348 e. The molecule has 0 radical (unpaired) electrons. The number of carbonyl (C=O) groups is 1. The first-order chi connectivity index (χ1) is 15.8. The molecule has 7 heteroatoms. The van der Waals surface area contributed by atoms with Gasteiger partial charge in [0.2, 0.25) is 0 Å². The molecule has 1 aliphatic carbocycles. The first-order valence-corrected chi connectivity index (χ1v) is 13.0. The Morgan fingerprint density at radius 3 is 2.73 bits per heavy atom. The van der Waals surface area contributed by atoms with Crippen molar-refractivity contribution in [3.05, 3.63) is 57.3 Å². The average molecular weight is 467 g/mol. The molecule has 3 heterocycles. The number of carbonyl (C=O) groups excluding carboxylic acids is 1. The minimum Gasteiger partial charge on any atom is -0.348 e. The fourth-order valence-electron chi connectivity index (χ4n) is 5.32. The SMILES string of the molecule is CSc1cc(C)[nH]c(=O)c1CNC(=O)c1c(C)n([C@H](C)C2CCC(C)CC2)c2ncccc12. The molecule has 1 amide bonds. The van der Waals surface area contributed by atoms with Gasteiger partial charge >= 0.3 is 0 Å². The van der Waals surface area contributed by atoms with Crippen molar-refractivity contribution in [3.63, 3.8) is 0 Å². The summed E-state index contributed by atoms with van der Waals surface area (Å²) in [7, 11) is 0. The van der Waals surface area contributed by atoms with Crippen LogP contribution in [-0.4, -0.2) is 26.7 Å². The number of nitrogens with one attached hydrogen (secondary N) is 2. The summed E-state index contributed by atoms with van der Waals surface area (Å²) in [5, 5.41) is 3.87. The summed E-state index contributed by atoms with van der Waals surface area (Å²) in [5.41, 5.74) is 3.71. The number of hydrogen-bond acceptors (Lipinski definition) is 4. The van der Waals surface area contributed by atoms with Crippen molar-refractivity contribution in [1.29, 1.82) is 0 Å². The third-order valence-corrected chi connectivity index (χ3v) is 8.06. The normalized spacial score (nSPS) is 19.5. The van der Waals surface area contributed by atoms with Crippen LogP contribution in [-0.2, 0) is 6.54 Å². The minimum absolute atomic E-state index is 0.152. The highest BCUT2D eigenvalue weighted by Gasteiger charge is 2.29. The molecule has 0 aromatic carbocycles. The predicted molar refractivity (Wildman–Crippen MR) is 135 cm³/mol. The van der Waals surface area contributed by atoms with Crippen molar-refractivity contribution >= 4 is 28.7 Å². The number of nitrogens with zero attached hydrogens (tertiary/aromatic N) is 2. The van der Waals surface area contributed by atoms with Gasteiger partial charge in [-0.05, 0) is 69.9 Å². The Morgan fingerprint density at radius 1 is 1.30 bits per heavy atom. The molecule has 3 aromatic heterocycles.